The fourth-order valence-corrected chi connectivity index (χ4v) is 2.90. The van der Waals surface area contributed by atoms with E-state index in [0.29, 0.717) is 19.0 Å². The van der Waals surface area contributed by atoms with Crippen molar-refractivity contribution < 1.29 is 13.9 Å². The van der Waals surface area contributed by atoms with Crippen molar-refractivity contribution in [1.29, 1.82) is 0 Å². The first kappa shape index (κ1) is 16.2. The maximum absolute atomic E-state index is 11.6. The highest BCUT2D eigenvalue weighted by molar-refractivity contribution is 5.89. The highest BCUT2D eigenvalue weighted by atomic mass is 16.6. The van der Waals surface area contributed by atoms with Gasteiger partial charge in [0, 0.05) is 16.9 Å². The van der Waals surface area contributed by atoms with Gasteiger partial charge in [-0.3, -0.25) is 4.90 Å². The maximum Gasteiger partial charge on any atom is 0.414 e. The van der Waals surface area contributed by atoms with Crippen molar-refractivity contribution in [2.45, 2.75) is 13.0 Å². The average Bonchev–Trinajstić information content (AvgIpc) is 3.32. The van der Waals surface area contributed by atoms with Crippen molar-refractivity contribution in [3.05, 3.63) is 66.7 Å². The second kappa shape index (κ2) is 6.92. The molecule has 1 atom stereocenters. The van der Waals surface area contributed by atoms with Crippen LogP contribution in [0.15, 0.2) is 65.2 Å². The van der Waals surface area contributed by atoms with Gasteiger partial charge in [-0.1, -0.05) is 30.3 Å². The maximum atomic E-state index is 11.6. The van der Waals surface area contributed by atoms with Gasteiger partial charge in [0.15, 0.2) is 5.76 Å². The molecule has 2 aromatic carbocycles. The number of oxazole rings is 1. The van der Waals surface area contributed by atoms with Crippen molar-refractivity contribution in [2.24, 2.45) is 0 Å². The molecule has 1 aromatic heterocycles. The number of anilines is 2. The number of benzene rings is 2. The van der Waals surface area contributed by atoms with Crippen LogP contribution in [0.4, 0.5) is 16.2 Å². The minimum absolute atomic E-state index is 0.0879. The highest BCUT2D eigenvalue weighted by Crippen LogP contribution is 2.26. The number of carbonyl (C=O) groups excluding carboxylic acids is 1. The quantitative estimate of drug-likeness (QED) is 0.736. The third-order valence-electron chi connectivity index (χ3n) is 4.28. The average molecular weight is 349 g/mol. The SMILES string of the molecule is C[C@@H](Nc1ccc(N2CCOC2=O)cc1)c1ncc(-c2ccccc2)o1. The molecule has 3 aromatic rings. The predicted octanol–water partition coefficient (Wildman–Crippen LogP) is 4.47. The van der Waals surface area contributed by atoms with Crippen LogP contribution < -0.4 is 10.2 Å². The zero-order valence-corrected chi connectivity index (χ0v) is 14.4. The Kier molecular flexibility index (Phi) is 4.31. The standard InChI is InChI=1S/C20H19N3O3/c1-14(19-21-13-18(26-19)15-5-3-2-4-6-15)22-16-7-9-17(10-8-16)23-11-12-25-20(23)24/h2-10,13-14,22H,11-12H2,1H3/t14-/m1/s1. The van der Waals surface area contributed by atoms with E-state index in [1.165, 1.54) is 0 Å². The van der Waals surface area contributed by atoms with Crippen molar-refractivity contribution in [1.82, 2.24) is 4.98 Å². The van der Waals surface area contributed by atoms with Crippen LogP contribution in [-0.4, -0.2) is 24.2 Å². The Labute approximate surface area is 151 Å². The molecular weight excluding hydrogens is 330 g/mol. The number of aromatic nitrogens is 1. The second-order valence-electron chi connectivity index (χ2n) is 6.11. The fourth-order valence-electron chi connectivity index (χ4n) is 2.90. The van der Waals surface area contributed by atoms with Gasteiger partial charge >= 0.3 is 6.09 Å². The Morgan fingerprint density at radius 2 is 1.88 bits per heavy atom. The number of nitrogens with one attached hydrogen (secondary N) is 1. The van der Waals surface area contributed by atoms with Gasteiger partial charge in [-0.05, 0) is 31.2 Å². The molecular formula is C20H19N3O3. The first-order chi connectivity index (χ1) is 12.7. The van der Waals surface area contributed by atoms with Crippen LogP contribution >= 0.6 is 0 Å². The van der Waals surface area contributed by atoms with E-state index in [-0.39, 0.29) is 12.1 Å². The van der Waals surface area contributed by atoms with E-state index in [0.717, 1.165) is 22.7 Å². The van der Waals surface area contributed by atoms with E-state index >= 15 is 0 Å². The normalized spacial score (nSPS) is 15.0. The summed E-state index contributed by atoms with van der Waals surface area (Å²) in [6.45, 7) is 3.01. The van der Waals surface area contributed by atoms with Gasteiger partial charge in [0.2, 0.25) is 5.89 Å². The summed E-state index contributed by atoms with van der Waals surface area (Å²) in [4.78, 5) is 17.6. The predicted molar refractivity (Wildman–Crippen MR) is 99.1 cm³/mol. The lowest BCUT2D eigenvalue weighted by atomic mass is 10.2. The lowest BCUT2D eigenvalue weighted by Gasteiger charge is -2.15. The largest absolute Gasteiger partial charge is 0.447 e. The number of nitrogens with zero attached hydrogens (tertiary/aromatic N) is 2. The Balaban J connectivity index is 1.44. The number of hydrogen-bond donors (Lipinski definition) is 1. The Morgan fingerprint density at radius 3 is 2.58 bits per heavy atom. The van der Waals surface area contributed by atoms with Crippen molar-refractivity contribution in [2.75, 3.05) is 23.4 Å². The number of carbonyl (C=O) groups is 1. The molecule has 1 aliphatic heterocycles. The molecule has 6 heteroatoms. The molecule has 4 rings (SSSR count). The Morgan fingerprint density at radius 1 is 1.12 bits per heavy atom. The van der Waals surface area contributed by atoms with Crippen molar-refractivity contribution in [3.8, 4) is 11.3 Å². The molecule has 0 radical (unpaired) electrons. The molecule has 132 valence electrons. The summed E-state index contributed by atoms with van der Waals surface area (Å²) < 4.78 is 10.8. The van der Waals surface area contributed by atoms with Gasteiger partial charge in [0.1, 0.15) is 12.6 Å². The molecule has 26 heavy (non-hydrogen) atoms. The second-order valence-corrected chi connectivity index (χ2v) is 6.11. The minimum atomic E-state index is -0.299. The first-order valence-electron chi connectivity index (χ1n) is 8.53. The summed E-state index contributed by atoms with van der Waals surface area (Å²) in [5.74, 6) is 1.37. The fraction of sp³-hybridized carbons (Fsp3) is 0.200. The van der Waals surface area contributed by atoms with Gasteiger partial charge in [-0.25, -0.2) is 9.78 Å². The lowest BCUT2D eigenvalue weighted by molar-refractivity contribution is 0.181. The summed E-state index contributed by atoms with van der Waals surface area (Å²) in [5, 5.41) is 3.36. The van der Waals surface area contributed by atoms with Gasteiger partial charge in [-0.2, -0.15) is 0 Å². The molecule has 1 saturated heterocycles. The molecule has 1 amide bonds. The van der Waals surface area contributed by atoms with Gasteiger partial charge in [0.25, 0.3) is 0 Å². The molecule has 1 N–H and O–H groups in total. The zero-order chi connectivity index (χ0) is 17.9. The van der Waals surface area contributed by atoms with Crippen LogP contribution in [0.3, 0.4) is 0 Å². The summed E-state index contributed by atoms with van der Waals surface area (Å²) in [6, 6.07) is 17.4. The molecule has 6 nitrogen and oxygen atoms in total. The molecule has 0 saturated carbocycles. The van der Waals surface area contributed by atoms with Crippen molar-refractivity contribution in [3.63, 3.8) is 0 Å². The van der Waals surface area contributed by atoms with E-state index in [1.54, 1.807) is 11.1 Å². The zero-order valence-electron chi connectivity index (χ0n) is 14.4. The molecule has 0 spiro atoms. The van der Waals surface area contributed by atoms with E-state index in [2.05, 4.69) is 10.3 Å². The monoisotopic (exact) mass is 349 g/mol. The molecule has 0 bridgehead atoms. The third-order valence-corrected chi connectivity index (χ3v) is 4.28. The number of rotatable bonds is 5. The summed E-state index contributed by atoms with van der Waals surface area (Å²) in [6.07, 6.45) is 1.44. The number of hydrogen-bond acceptors (Lipinski definition) is 5. The third kappa shape index (κ3) is 3.26. The van der Waals surface area contributed by atoms with Crippen LogP contribution in [0.5, 0.6) is 0 Å². The summed E-state index contributed by atoms with van der Waals surface area (Å²) >= 11 is 0. The van der Waals surface area contributed by atoms with Gasteiger partial charge < -0.3 is 14.5 Å². The molecule has 1 fully saturated rings. The van der Waals surface area contributed by atoms with Gasteiger partial charge in [-0.15, -0.1) is 0 Å². The Bertz CT molecular complexity index is 890. The van der Waals surface area contributed by atoms with E-state index in [9.17, 15) is 4.79 Å². The lowest BCUT2D eigenvalue weighted by Crippen LogP contribution is -2.23. The first-order valence-corrected chi connectivity index (χ1v) is 8.53. The Hall–Kier alpha value is -3.28. The van der Waals surface area contributed by atoms with Crippen LogP contribution in [0.2, 0.25) is 0 Å². The smallest absolute Gasteiger partial charge is 0.414 e. The number of amides is 1. The summed E-state index contributed by atoms with van der Waals surface area (Å²) in [7, 11) is 0. The van der Waals surface area contributed by atoms with Crippen LogP contribution in [0.1, 0.15) is 18.9 Å². The molecule has 2 heterocycles. The van der Waals surface area contributed by atoms with E-state index < -0.39 is 0 Å². The molecule has 1 aliphatic rings. The van der Waals surface area contributed by atoms with E-state index in [4.69, 9.17) is 9.15 Å². The summed E-state index contributed by atoms with van der Waals surface area (Å²) in [5.41, 5.74) is 2.75. The van der Waals surface area contributed by atoms with Gasteiger partial charge in [0.05, 0.1) is 12.7 Å². The highest BCUT2D eigenvalue weighted by Gasteiger charge is 2.23. The number of cyclic esters (lactones) is 1. The van der Waals surface area contributed by atoms with E-state index in [1.807, 2.05) is 61.5 Å². The molecule has 0 aliphatic carbocycles. The van der Waals surface area contributed by atoms with Crippen LogP contribution in [-0.2, 0) is 4.74 Å². The number of ether oxygens (including phenoxy) is 1. The van der Waals surface area contributed by atoms with Crippen molar-refractivity contribution >= 4 is 17.5 Å². The van der Waals surface area contributed by atoms with Crippen LogP contribution in [0, 0.1) is 0 Å². The molecule has 0 unspecified atom stereocenters. The minimum Gasteiger partial charge on any atom is -0.447 e. The topological polar surface area (TPSA) is 67.6 Å². The van der Waals surface area contributed by atoms with Crippen LogP contribution in [0.25, 0.3) is 11.3 Å².